The van der Waals surface area contributed by atoms with Crippen LogP contribution in [0.3, 0.4) is 0 Å². The van der Waals surface area contributed by atoms with Crippen molar-refractivity contribution in [3.8, 4) is 0 Å². The maximum atomic E-state index is 12.1. The van der Waals surface area contributed by atoms with Crippen LogP contribution in [0.5, 0.6) is 0 Å². The number of esters is 1. The number of rotatable bonds is 8. The molecule has 0 saturated heterocycles. The number of Topliss-reactive ketones (excluding diaryl/α,β-unsaturated/α-hetero) is 1. The van der Waals surface area contributed by atoms with Crippen LogP contribution >= 0.6 is 0 Å². The summed E-state index contributed by atoms with van der Waals surface area (Å²) >= 11 is 0. The van der Waals surface area contributed by atoms with Gasteiger partial charge in [0.1, 0.15) is 0 Å². The molecule has 0 aliphatic rings. The van der Waals surface area contributed by atoms with Crippen molar-refractivity contribution in [3.05, 3.63) is 29.8 Å². The van der Waals surface area contributed by atoms with Crippen molar-refractivity contribution in [3.63, 3.8) is 0 Å². The number of ketones is 1. The average molecular weight is 326 g/mol. The fraction of sp³-hybridized carbons (Fsp3) is 0.500. The Bertz CT molecular complexity index is 614. The van der Waals surface area contributed by atoms with Gasteiger partial charge in [0.25, 0.3) is 0 Å². The monoisotopic (exact) mass is 326 g/mol. The Labute approximate surface area is 131 Å². The van der Waals surface area contributed by atoms with Crippen LogP contribution in [0.25, 0.3) is 0 Å². The van der Waals surface area contributed by atoms with Crippen molar-refractivity contribution in [2.24, 2.45) is 5.92 Å². The van der Waals surface area contributed by atoms with Gasteiger partial charge in [0.05, 0.1) is 17.8 Å². The van der Waals surface area contributed by atoms with Crippen LogP contribution in [0.15, 0.2) is 29.2 Å². The van der Waals surface area contributed by atoms with E-state index in [1.165, 1.54) is 31.4 Å². The first-order valence-corrected chi connectivity index (χ1v) is 8.84. The molecular weight excluding hydrogens is 304 g/mol. The largest absolute Gasteiger partial charge is 0.469 e. The molecule has 1 aromatic carbocycles. The van der Waals surface area contributed by atoms with Crippen molar-refractivity contribution in [2.75, 3.05) is 12.9 Å². The van der Waals surface area contributed by atoms with Gasteiger partial charge in [-0.25, -0.2) is 8.42 Å². The van der Waals surface area contributed by atoms with E-state index in [4.69, 9.17) is 0 Å². The third kappa shape index (κ3) is 5.60. The van der Waals surface area contributed by atoms with E-state index in [9.17, 15) is 18.0 Å². The van der Waals surface area contributed by atoms with Gasteiger partial charge in [-0.15, -0.1) is 0 Å². The fourth-order valence-electron chi connectivity index (χ4n) is 2.02. The van der Waals surface area contributed by atoms with Crippen LogP contribution in [0, 0.1) is 5.92 Å². The number of ether oxygens (including phenoxy) is 1. The molecule has 5 nitrogen and oxygen atoms in total. The summed E-state index contributed by atoms with van der Waals surface area (Å²) in [6.07, 6.45) is 0.842. The predicted octanol–water partition coefficient (Wildman–Crippen LogP) is 2.64. The fourth-order valence-corrected chi connectivity index (χ4v) is 3.64. The topological polar surface area (TPSA) is 77.5 Å². The molecule has 0 spiro atoms. The summed E-state index contributed by atoms with van der Waals surface area (Å²) in [7, 11) is -2.00. The third-order valence-electron chi connectivity index (χ3n) is 3.10. The Morgan fingerprint density at radius 1 is 1.09 bits per heavy atom. The molecule has 0 aromatic heterocycles. The van der Waals surface area contributed by atoms with Crippen molar-refractivity contribution < 1.29 is 22.7 Å². The summed E-state index contributed by atoms with van der Waals surface area (Å²) in [5.74, 6) is -0.330. The van der Waals surface area contributed by atoms with Gasteiger partial charge in [-0.3, -0.25) is 9.59 Å². The highest BCUT2D eigenvalue weighted by Gasteiger charge is 2.17. The first kappa shape index (κ1) is 18.4. The molecule has 0 N–H and O–H groups in total. The molecule has 0 aliphatic carbocycles. The summed E-state index contributed by atoms with van der Waals surface area (Å²) in [4.78, 5) is 23.2. The average Bonchev–Trinajstić information content (AvgIpc) is 2.45. The van der Waals surface area contributed by atoms with Crippen molar-refractivity contribution in [1.29, 1.82) is 0 Å². The van der Waals surface area contributed by atoms with Crippen LogP contribution in [0.1, 0.15) is 43.5 Å². The Morgan fingerprint density at radius 3 is 2.18 bits per heavy atom. The van der Waals surface area contributed by atoms with Crippen LogP contribution < -0.4 is 0 Å². The number of hydrogen-bond donors (Lipinski definition) is 0. The zero-order valence-corrected chi connectivity index (χ0v) is 14.0. The molecule has 0 heterocycles. The van der Waals surface area contributed by atoms with E-state index < -0.39 is 9.84 Å². The lowest BCUT2D eigenvalue weighted by Gasteiger charge is -2.08. The first-order valence-electron chi connectivity index (χ1n) is 7.19. The number of hydrogen-bond acceptors (Lipinski definition) is 5. The third-order valence-corrected chi connectivity index (χ3v) is 5.20. The molecule has 0 saturated carbocycles. The van der Waals surface area contributed by atoms with Gasteiger partial charge in [-0.2, -0.15) is 0 Å². The summed E-state index contributed by atoms with van der Waals surface area (Å²) < 4.78 is 28.6. The van der Waals surface area contributed by atoms with Crippen LogP contribution in [-0.4, -0.2) is 33.0 Å². The number of benzene rings is 1. The van der Waals surface area contributed by atoms with Gasteiger partial charge in [0.15, 0.2) is 15.6 Å². The van der Waals surface area contributed by atoms with Crippen LogP contribution in [0.4, 0.5) is 0 Å². The second-order valence-corrected chi connectivity index (χ2v) is 7.59. The number of carbonyl (C=O) groups is 2. The molecule has 0 radical (unpaired) electrons. The van der Waals surface area contributed by atoms with Gasteiger partial charge < -0.3 is 4.74 Å². The number of carbonyl (C=O) groups excluding carboxylic acids is 2. The Balaban J connectivity index is 2.68. The Hall–Kier alpha value is -1.69. The van der Waals surface area contributed by atoms with E-state index in [1.54, 1.807) is 0 Å². The minimum absolute atomic E-state index is 0.0460. The van der Waals surface area contributed by atoms with E-state index >= 15 is 0 Å². The first-order chi connectivity index (χ1) is 10.3. The smallest absolute Gasteiger partial charge is 0.305 e. The highest BCUT2D eigenvalue weighted by atomic mass is 32.2. The molecule has 1 aromatic rings. The minimum atomic E-state index is -3.31. The second kappa shape index (κ2) is 8.08. The zero-order valence-electron chi connectivity index (χ0n) is 13.2. The molecule has 0 fully saturated rings. The van der Waals surface area contributed by atoms with E-state index in [0.717, 1.165) is 0 Å². The SMILES string of the molecule is COC(=O)CCCC(=O)c1ccc(S(=O)(=O)CC(C)C)cc1. The number of sulfone groups is 1. The van der Waals surface area contributed by atoms with E-state index in [-0.39, 0.29) is 41.2 Å². The summed E-state index contributed by atoms with van der Waals surface area (Å²) in [5, 5.41) is 0. The highest BCUT2D eigenvalue weighted by Crippen LogP contribution is 2.16. The molecule has 0 aliphatic heterocycles. The van der Waals surface area contributed by atoms with Crippen LogP contribution in [0.2, 0.25) is 0 Å². The molecule has 22 heavy (non-hydrogen) atoms. The van der Waals surface area contributed by atoms with Crippen LogP contribution in [-0.2, 0) is 19.4 Å². The summed E-state index contributed by atoms with van der Waals surface area (Å²) in [6.45, 7) is 3.69. The van der Waals surface area contributed by atoms with Gasteiger partial charge in [0.2, 0.25) is 0 Å². The van der Waals surface area contributed by atoms with E-state index in [0.29, 0.717) is 12.0 Å². The molecule has 6 heteroatoms. The van der Waals surface area contributed by atoms with Crippen molar-refractivity contribution in [1.82, 2.24) is 0 Å². The molecule has 0 bridgehead atoms. The quantitative estimate of drug-likeness (QED) is 0.542. The maximum absolute atomic E-state index is 12.1. The highest BCUT2D eigenvalue weighted by molar-refractivity contribution is 7.91. The van der Waals surface area contributed by atoms with Gasteiger partial charge >= 0.3 is 5.97 Å². The van der Waals surface area contributed by atoms with Crippen molar-refractivity contribution in [2.45, 2.75) is 38.0 Å². The van der Waals surface area contributed by atoms with Gasteiger partial charge in [0, 0.05) is 18.4 Å². The maximum Gasteiger partial charge on any atom is 0.305 e. The molecular formula is C16H22O5S. The zero-order chi connectivity index (χ0) is 16.8. The predicted molar refractivity (Wildman–Crippen MR) is 83.5 cm³/mol. The summed E-state index contributed by atoms with van der Waals surface area (Å²) in [5.41, 5.74) is 0.452. The summed E-state index contributed by atoms with van der Waals surface area (Å²) in [6, 6.07) is 5.97. The molecule has 0 amide bonds. The second-order valence-electron chi connectivity index (χ2n) is 5.55. The molecule has 0 unspecified atom stereocenters. The Kier molecular flexibility index (Phi) is 6.74. The van der Waals surface area contributed by atoms with Crippen molar-refractivity contribution >= 4 is 21.6 Å². The lowest BCUT2D eigenvalue weighted by Crippen LogP contribution is -2.12. The normalized spacial score (nSPS) is 11.5. The minimum Gasteiger partial charge on any atom is -0.469 e. The molecule has 1 rings (SSSR count). The van der Waals surface area contributed by atoms with E-state index in [1.807, 2.05) is 13.8 Å². The number of methoxy groups -OCH3 is 1. The Morgan fingerprint density at radius 2 is 1.68 bits per heavy atom. The molecule has 0 atom stereocenters. The lowest BCUT2D eigenvalue weighted by atomic mass is 10.1. The lowest BCUT2D eigenvalue weighted by molar-refractivity contribution is -0.140. The van der Waals surface area contributed by atoms with Gasteiger partial charge in [-0.05, 0) is 24.5 Å². The molecule has 122 valence electrons. The van der Waals surface area contributed by atoms with E-state index in [2.05, 4.69) is 4.74 Å². The van der Waals surface area contributed by atoms with Gasteiger partial charge in [-0.1, -0.05) is 26.0 Å². The standard InChI is InChI=1S/C16H22O5S/c1-12(2)11-22(19,20)14-9-7-13(8-10-14)15(17)5-4-6-16(18)21-3/h7-10,12H,4-6,11H2,1-3H3.